The number of carbonyl (C=O) groups is 2. The van der Waals surface area contributed by atoms with Crippen LogP contribution in [0.25, 0.3) is 0 Å². The van der Waals surface area contributed by atoms with Crippen LogP contribution in [-0.2, 0) is 26.2 Å². The monoisotopic (exact) mass is 657 g/mol. The Bertz CT molecular complexity index is 1640. The number of ether oxygens (including phenoxy) is 5. The Morgan fingerprint density at radius 2 is 1.39 bits per heavy atom. The number of anilines is 1. The van der Waals surface area contributed by atoms with E-state index in [4.69, 9.17) is 23.7 Å². The summed E-state index contributed by atoms with van der Waals surface area (Å²) in [5.74, 6) is 0.531. The average Bonchev–Trinajstić information content (AvgIpc) is 3.04. The van der Waals surface area contributed by atoms with Gasteiger partial charge in [-0.3, -0.25) is 13.9 Å². The van der Waals surface area contributed by atoms with Crippen molar-refractivity contribution in [1.29, 1.82) is 0 Å². The van der Waals surface area contributed by atoms with Gasteiger partial charge in [0.1, 0.15) is 29.8 Å². The van der Waals surface area contributed by atoms with E-state index in [1.807, 2.05) is 20.8 Å². The molecule has 46 heavy (non-hydrogen) atoms. The zero-order chi connectivity index (χ0) is 34.2. The van der Waals surface area contributed by atoms with Gasteiger partial charge in [-0.1, -0.05) is 12.1 Å². The van der Waals surface area contributed by atoms with Crippen molar-refractivity contribution in [2.24, 2.45) is 0 Å². The molecule has 250 valence electrons. The number of hydrogen-bond acceptors (Lipinski definition) is 9. The van der Waals surface area contributed by atoms with Crippen molar-refractivity contribution in [2.75, 3.05) is 46.4 Å². The second-order valence-corrected chi connectivity index (χ2v) is 13.2. The van der Waals surface area contributed by atoms with Crippen LogP contribution in [0.3, 0.4) is 0 Å². The van der Waals surface area contributed by atoms with E-state index in [1.54, 1.807) is 43.3 Å². The van der Waals surface area contributed by atoms with Crippen molar-refractivity contribution in [3.63, 3.8) is 0 Å². The molecule has 0 aliphatic rings. The van der Waals surface area contributed by atoms with Crippen LogP contribution in [0.4, 0.5) is 5.69 Å². The van der Waals surface area contributed by atoms with Crippen molar-refractivity contribution in [1.82, 2.24) is 10.2 Å². The molecule has 0 radical (unpaired) electrons. The topological polar surface area (TPSA) is 133 Å². The zero-order valence-corrected chi connectivity index (χ0v) is 28.6. The Hall–Kier alpha value is -4.65. The molecule has 1 N–H and O–H groups in total. The van der Waals surface area contributed by atoms with Gasteiger partial charge in [-0.2, -0.15) is 0 Å². The Balaban J connectivity index is 2.19. The number of hydrogen-bond donors (Lipinski definition) is 1. The molecule has 0 spiro atoms. The quantitative estimate of drug-likeness (QED) is 0.270. The highest BCUT2D eigenvalue weighted by Gasteiger charge is 2.35. The molecular formula is C33H43N3O9S. The van der Waals surface area contributed by atoms with Gasteiger partial charge in [0.2, 0.25) is 11.8 Å². The van der Waals surface area contributed by atoms with Crippen LogP contribution in [0, 0.1) is 0 Å². The Morgan fingerprint density at radius 3 is 1.98 bits per heavy atom. The van der Waals surface area contributed by atoms with Crippen molar-refractivity contribution in [3.8, 4) is 28.7 Å². The molecule has 0 saturated carbocycles. The van der Waals surface area contributed by atoms with Gasteiger partial charge in [-0.15, -0.1) is 0 Å². The Kier molecular flexibility index (Phi) is 11.8. The summed E-state index contributed by atoms with van der Waals surface area (Å²) in [6.45, 7) is 6.40. The Labute approximate surface area is 271 Å². The molecular weight excluding hydrogens is 614 g/mol. The second-order valence-electron chi connectivity index (χ2n) is 11.4. The number of benzene rings is 3. The van der Waals surface area contributed by atoms with Crippen molar-refractivity contribution < 1.29 is 41.7 Å². The van der Waals surface area contributed by atoms with Crippen LogP contribution in [0.2, 0.25) is 0 Å². The summed E-state index contributed by atoms with van der Waals surface area (Å²) in [7, 11) is 2.72. The van der Waals surface area contributed by atoms with Gasteiger partial charge in [-0.05, 0) is 69.7 Å². The fourth-order valence-corrected chi connectivity index (χ4v) is 6.07. The summed E-state index contributed by atoms with van der Waals surface area (Å²) in [6, 6.07) is 14.8. The largest absolute Gasteiger partial charge is 0.497 e. The first-order valence-electron chi connectivity index (χ1n) is 14.4. The predicted octanol–water partition coefficient (Wildman–Crippen LogP) is 4.26. The molecule has 0 heterocycles. The van der Waals surface area contributed by atoms with E-state index in [-0.39, 0.29) is 28.6 Å². The highest BCUT2D eigenvalue weighted by molar-refractivity contribution is 7.92. The van der Waals surface area contributed by atoms with Crippen LogP contribution >= 0.6 is 0 Å². The normalized spacial score (nSPS) is 12.0. The van der Waals surface area contributed by atoms with Crippen LogP contribution in [-0.4, -0.2) is 78.8 Å². The molecule has 0 fully saturated rings. The Morgan fingerprint density at radius 1 is 0.783 bits per heavy atom. The molecule has 0 aliphatic carbocycles. The molecule has 0 saturated heterocycles. The van der Waals surface area contributed by atoms with Crippen LogP contribution < -0.4 is 33.3 Å². The van der Waals surface area contributed by atoms with E-state index in [1.165, 1.54) is 64.7 Å². The van der Waals surface area contributed by atoms with Gasteiger partial charge in [0, 0.05) is 24.2 Å². The molecule has 0 unspecified atom stereocenters. The predicted molar refractivity (Wildman–Crippen MR) is 175 cm³/mol. The molecule has 0 aliphatic heterocycles. The highest BCUT2D eigenvalue weighted by atomic mass is 32.2. The SMILES string of the molecule is COc1cccc(CN(C(=O)CN(c2cc(OC)ccc2OC)S(=O)(=O)c2ccc(OC)c(OC)c2)[C@@H](C)C(=O)NC(C)(C)C)c1. The molecule has 0 aromatic heterocycles. The number of methoxy groups -OCH3 is 5. The molecule has 2 amide bonds. The zero-order valence-electron chi connectivity index (χ0n) is 27.7. The maximum atomic E-state index is 14.4. The smallest absolute Gasteiger partial charge is 0.265 e. The standard InChI is InChI=1S/C33H43N3O9S/c1-22(32(38)34-33(2,3)4)35(20-23-11-10-12-24(17-23)41-5)31(37)21-36(27-18-25(42-6)13-15-28(27)43-7)46(39,40)26-14-16-29(44-8)30(19-26)45-9/h10-19,22H,20-21H2,1-9H3,(H,34,38)/t22-/m0/s1. The molecule has 12 nitrogen and oxygen atoms in total. The molecule has 0 bridgehead atoms. The van der Waals surface area contributed by atoms with Gasteiger partial charge >= 0.3 is 0 Å². The number of rotatable bonds is 14. The molecule has 3 aromatic rings. The molecule has 1 atom stereocenters. The van der Waals surface area contributed by atoms with Crippen molar-refractivity contribution in [3.05, 3.63) is 66.2 Å². The number of nitrogens with one attached hydrogen (secondary N) is 1. The summed E-state index contributed by atoms with van der Waals surface area (Å²) in [6.07, 6.45) is 0. The lowest BCUT2D eigenvalue weighted by atomic mass is 10.1. The maximum absolute atomic E-state index is 14.4. The third-order valence-corrected chi connectivity index (χ3v) is 8.78. The molecule has 13 heteroatoms. The fraction of sp³-hybridized carbons (Fsp3) is 0.394. The number of nitrogens with zero attached hydrogens (tertiary/aromatic N) is 2. The minimum Gasteiger partial charge on any atom is -0.497 e. The van der Waals surface area contributed by atoms with Gasteiger partial charge in [0.05, 0.1) is 46.1 Å². The first kappa shape index (κ1) is 35.8. The molecule has 3 rings (SSSR count). The number of sulfonamides is 1. The minimum atomic E-state index is -4.46. The average molecular weight is 658 g/mol. The second kappa shape index (κ2) is 15.1. The summed E-state index contributed by atoms with van der Waals surface area (Å²) in [4.78, 5) is 28.9. The number of amides is 2. The first-order valence-corrected chi connectivity index (χ1v) is 15.8. The highest BCUT2D eigenvalue weighted by Crippen LogP contribution is 2.38. The summed E-state index contributed by atoms with van der Waals surface area (Å²) >= 11 is 0. The van der Waals surface area contributed by atoms with E-state index in [2.05, 4.69) is 5.32 Å². The van der Waals surface area contributed by atoms with Crippen LogP contribution in [0.5, 0.6) is 28.7 Å². The van der Waals surface area contributed by atoms with Gasteiger partial charge in [0.15, 0.2) is 11.5 Å². The van der Waals surface area contributed by atoms with E-state index in [9.17, 15) is 18.0 Å². The van der Waals surface area contributed by atoms with E-state index < -0.39 is 40.0 Å². The van der Waals surface area contributed by atoms with Crippen LogP contribution in [0.1, 0.15) is 33.3 Å². The van der Waals surface area contributed by atoms with E-state index in [0.717, 1.165) is 4.31 Å². The third kappa shape index (κ3) is 8.53. The summed E-state index contributed by atoms with van der Waals surface area (Å²) < 4.78 is 56.7. The maximum Gasteiger partial charge on any atom is 0.265 e. The van der Waals surface area contributed by atoms with Gasteiger partial charge in [0.25, 0.3) is 10.0 Å². The third-order valence-electron chi connectivity index (χ3n) is 7.03. The molecule has 3 aromatic carbocycles. The van der Waals surface area contributed by atoms with Crippen molar-refractivity contribution >= 4 is 27.5 Å². The number of carbonyl (C=O) groups excluding carboxylic acids is 2. The van der Waals surface area contributed by atoms with Gasteiger partial charge < -0.3 is 33.9 Å². The summed E-state index contributed by atoms with van der Waals surface area (Å²) in [5, 5.41) is 2.91. The van der Waals surface area contributed by atoms with Crippen LogP contribution in [0.15, 0.2) is 65.6 Å². The van der Waals surface area contributed by atoms with Crippen molar-refractivity contribution in [2.45, 2.75) is 50.7 Å². The lowest BCUT2D eigenvalue weighted by molar-refractivity contribution is -0.140. The minimum absolute atomic E-state index is 0.00570. The fourth-order valence-electron chi connectivity index (χ4n) is 4.63. The van der Waals surface area contributed by atoms with Gasteiger partial charge in [-0.25, -0.2) is 8.42 Å². The van der Waals surface area contributed by atoms with E-state index >= 15 is 0 Å². The lowest BCUT2D eigenvalue weighted by Crippen LogP contribution is -2.54. The lowest BCUT2D eigenvalue weighted by Gasteiger charge is -2.34. The summed E-state index contributed by atoms with van der Waals surface area (Å²) in [5.41, 5.74) is 0.154. The van der Waals surface area contributed by atoms with E-state index in [0.29, 0.717) is 22.8 Å². The first-order chi connectivity index (χ1) is 21.7.